The third-order valence-electron chi connectivity index (χ3n) is 5.05. The maximum Gasteiger partial charge on any atom is 0.229 e. The van der Waals surface area contributed by atoms with Crippen LogP contribution in [-0.2, 0) is 11.2 Å². The molecule has 154 valence electrons. The van der Waals surface area contributed by atoms with Gasteiger partial charge in [0.1, 0.15) is 5.84 Å². The van der Waals surface area contributed by atoms with Crippen molar-refractivity contribution in [2.45, 2.75) is 25.8 Å². The third-order valence-corrected chi connectivity index (χ3v) is 5.05. The Morgan fingerprint density at radius 2 is 2.07 bits per heavy atom. The number of halogens is 2. The lowest BCUT2D eigenvalue weighted by Gasteiger charge is -2.36. The molecule has 1 aromatic heterocycles. The number of amides is 1. The minimum Gasteiger partial charge on any atom is -0.361 e. The standard InChI is InChI=1S/C19H21F2N5O3/c1-11(2)25-4-3-24(10-18(25)22)19(27)6-13(26(28)29)5-12-9-23-17-8-16(21)15(20)7-14(12)17/h7-9,13,22-23H,1,3-6,10H2,2H3. The molecule has 1 saturated heterocycles. The van der Waals surface area contributed by atoms with Gasteiger partial charge in [-0.1, -0.05) is 6.58 Å². The van der Waals surface area contributed by atoms with Crippen LogP contribution in [0.5, 0.6) is 0 Å². The quantitative estimate of drug-likeness (QED) is 0.569. The van der Waals surface area contributed by atoms with Gasteiger partial charge in [0.2, 0.25) is 11.9 Å². The number of aromatic amines is 1. The maximum atomic E-state index is 13.6. The molecule has 1 aromatic carbocycles. The molecule has 2 N–H and O–H groups in total. The van der Waals surface area contributed by atoms with Crippen molar-refractivity contribution in [1.29, 1.82) is 5.41 Å². The second-order valence-electron chi connectivity index (χ2n) is 7.12. The first-order chi connectivity index (χ1) is 13.7. The van der Waals surface area contributed by atoms with Gasteiger partial charge in [0, 0.05) is 53.3 Å². The summed E-state index contributed by atoms with van der Waals surface area (Å²) in [4.78, 5) is 29.5. The normalized spacial score (nSPS) is 15.6. The monoisotopic (exact) mass is 405 g/mol. The zero-order valence-corrected chi connectivity index (χ0v) is 15.9. The van der Waals surface area contributed by atoms with Crippen LogP contribution in [-0.4, -0.2) is 57.1 Å². The molecule has 2 aromatic rings. The fourth-order valence-electron chi connectivity index (χ4n) is 3.48. The molecule has 0 radical (unpaired) electrons. The number of hydrogen-bond donors (Lipinski definition) is 2. The van der Waals surface area contributed by atoms with Gasteiger partial charge in [-0.3, -0.25) is 20.3 Å². The van der Waals surface area contributed by atoms with Gasteiger partial charge in [-0.15, -0.1) is 0 Å². The van der Waals surface area contributed by atoms with Crippen LogP contribution in [0.2, 0.25) is 0 Å². The summed E-state index contributed by atoms with van der Waals surface area (Å²) in [6, 6.07) is 0.767. The van der Waals surface area contributed by atoms with E-state index in [1.165, 1.54) is 11.1 Å². The number of aromatic nitrogens is 1. The van der Waals surface area contributed by atoms with Crippen molar-refractivity contribution in [1.82, 2.24) is 14.8 Å². The van der Waals surface area contributed by atoms with Crippen molar-refractivity contribution in [2.75, 3.05) is 19.6 Å². The Morgan fingerprint density at radius 1 is 1.38 bits per heavy atom. The predicted molar refractivity (Wildman–Crippen MR) is 103 cm³/mol. The number of nitro groups is 1. The second-order valence-corrected chi connectivity index (χ2v) is 7.12. The topological polar surface area (TPSA) is 106 Å². The minimum absolute atomic E-state index is 0.0632. The number of amidine groups is 1. The van der Waals surface area contributed by atoms with Crippen molar-refractivity contribution in [3.63, 3.8) is 0 Å². The van der Waals surface area contributed by atoms with E-state index in [4.69, 9.17) is 5.41 Å². The minimum atomic E-state index is -1.22. The Kier molecular flexibility index (Phi) is 5.62. The van der Waals surface area contributed by atoms with Crippen LogP contribution in [0.3, 0.4) is 0 Å². The Balaban J connectivity index is 1.72. The van der Waals surface area contributed by atoms with Crippen LogP contribution in [0.15, 0.2) is 30.6 Å². The number of rotatable bonds is 6. The zero-order valence-electron chi connectivity index (χ0n) is 15.9. The van der Waals surface area contributed by atoms with Gasteiger partial charge in [0.25, 0.3) is 0 Å². The average molecular weight is 405 g/mol. The van der Waals surface area contributed by atoms with Crippen molar-refractivity contribution in [3.8, 4) is 0 Å². The van der Waals surface area contributed by atoms with Crippen LogP contribution in [0.1, 0.15) is 18.9 Å². The summed E-state index contributed by atoms with van der Waals surface area (Å²) < 4.78 is 26.9. The number of allylic oxidation sites excluding steroid dienone is 1. The summed E-state index contributed by atoms with van der Waals surface area (Å²) in [5, 5.41) is 19.9. The highest BCUT2D eigenvalue weighted by atomic mass is 19.2. The van der Waals surface area contributed by atoms with E-state index in [-0.39, 0.29) is 25.2 Å². The smallest absolute Gasteiger partial charge is 0.229 e. The van der Waals surface area contributed by atoms with E-state index in [2.05, 4.69) is 11.6 Å². The first kappa shape index (κ1) is 20.4. The molecular weight excluding hydrogens is 384 g/mol. The summed E-state index contributed by atoms with van der Waals surface area (Å²) in [6.07, 6.45) is 1.02. The van der Waals surface area contributed by atoms with Crippen LogP contribution < -0.4 is 0 Å². The third kappa shape index (κ3) is 4.25. The molecular formula is C19H21F2N5O3. The molecule has 1 fully saturated rings. The molecule has 3 rings (SSSR count). The van der Waals surface area contributed by atoms with Gasteiger partial charge in [-0.05, 0) is 18.6 Å². The summed E-state index contributed by atoms with van der Waals surface area (Å²) >= 11 is 0. The highest BCUT2D eigenvalue weighted by molar-refractivity contribution is 5.89. The number of nitrogens with zero attached hydrogens (tertiary/aromatic N) is 3. The van der Waals surface area contributed by atoms with Gasteiger partial charge in [0.05, 0.1) is 13.0 Å². The van der Waals surface area contributed by atoms with E-state index in [9.17, 15) is 23.7 Å². The maximum absolute atomic E-state index is 13.6. The van der Waals surface area contributed by atoms with Gasteiger partial charge in [0.15, 0.2) is 11.6 Å². The number of carbonyl (C=O) groups excluding carboxylic acids is 1. The van der Waals surface area contributed by atoms with Crippen molar-refractivity contribution < 1.29 is 18.5 Å². The Bertz CT molecular complexity index is 1000. The van der Waals surface area contributed by atoms with E-state index >= 15 is 0 Å². The molecule has 0 spiro atoms. The number of nitrogens with one attached hydrogen (secondary N) is 2. The number of piperazine rings is 1. The molecule has 29 heavy (non-hydrogen) atoms. The van der Waals surface area contributed by atoms with E-state index < -0.39 is 28.5 Å². The summed E-state index contributed by atoms with van der Waals surface area (Å²) in [7, 11) is 0. The van der Waals surface area contributed by atoms with E-state index in [0.29, 0.717) is 35.3 Å². The van der Waals surface area contributed by atoms with Crippen molar-refractivity contribution in [2.24, 2.45) is 0 Å². The van der Waals surface area contributed by atoms with Crippen LogP contribution in [0, 0.1) is 27.2 Å². The van der Waals surface area contributed by atoms with Gasteiger partial charge in [-0.2, -0.15) is 0 Å². The summed E-state index contributed by atoms with van der Waals surface area (Å²) in [5.41, 5.74) is 1.47. The summed E-state index contributed by atoms with van der Waals surface area (Å²) in [6.45, 7) is 6.38. The fourth-order valence-corrected chi connectivity index (χ4v) is 3.48. The predicted octanol–water partition coefficient (Wildman–Crippen LogP) is 2.68. The second kappa shape index (κ2) is 7.98. The highest BCUT2D eigenvalue weighted by Crippen LogP contribution is 2.24. The largest absolute Gasteiger partial charge is 0.361 e. The molecule has 0 saturated carbocycles. The molecule has 10 heteroatoms. The Labute approximate surface area is 165 Å². The lowest BCUT2D eigenvalue weighted by atomic mass is 10.0. The van der Waals surface area contributed by atoms with E-state index in [1.807, 2.05) is 0 Å². The number of hydrogen-bond acceptors (Lipinski definition) is 4. The van der Waals surface area contributed by atoms with Crippen molar-refractivity contribution >= 4 is 22.6 Å². The summed E-state index contributed by atoms with van der Waals surface area (Å²) in [5.74, 6) is -2.26. The molecule has 0 bridgehead atoms. The number of H-pyrrole nitrogens is 1. The molecule has 1 aliphatic rings. The molecule has 1 atom stereocenters. The fraction of sp³-hybridized carbons (Fsp3) is 0.368. The van der Waals surface area contributed by atoms with Crippen LogP contribution in [0.4, 0.5) is 8.78 Å². The van der Waals surface area contributed by atoms with E-state index in [1.54, 1.807) is 11.8 Å². The zero-order chi connectivity index (χ0) is 21.3. The number of carbonyl (C=O) groups is 1. The van der Waals surface area contributed by atoms with Gasteiger partial charge >= 0.3 is 0 Å². The van der Waals surface area contributed by atoms with Gasteiger partial charge < -0.3 is 14.8 Å². The first-order valence-electron chi connectivity index (χ1n) is 9.04. The Morgan fingerprint density at radius 3 is 2.69 bits per heavy atom. The molecule has 0 aliphatic carbocycles. The van der Waals surface area contributed by atoms with Crippen LogP contribution in [0.25, 0.3) is 10.9 Å². The molecule has 1 aliphatic heterocycles. The number of benzene rings is 1. The molecule has 2 heterocycles. The SMILES string of the molecule is C=C(C)N1CCN(C(=O)CC(Cc2c[nH]c3cc(F)c(F)cc23)[N+](=O)[O-])CC1=N. The van der Waals surface area contributed by atoms with Crippen LogP contribution >= 0.6 is 0 Å². The lowest BCUT2D eigenvalue weighted by Crippen LogP contribution is -2.51. The Hall–Kier alpha value is -3.30. The van der Waals surface area contributed by atoms with Crippen molar-refractivity contribution in [3.05, 3.63) is 57.9 Å². The molecule has 1 amide bonds. The first-order valence-corrected chi connectivity index (χ1v) is 9.04. The number of fused-ring (bicyclic) bond motifs is 1. The van der Waals surface area contributed by atoms with Gasteiger partial charge in [-0.25, -0.2) is 8.78 Å². The molecule has 1 unspecified atom stereocenters. The lowest BCUT2D eigenvalue weighted by molar-refractivity contribution is -0.521. The molecule has 8 nitrogen and oxygen atoms in total. The van der Waals surface area contributed by atoms with E-state index in [0.717, 1.165) is 12.1 Å². The highest BCUT2D eigenvalue weighted by Gasteiger charge is 2.31. The average Bonchev–Trinajstić information content (AvgIpc) is 3.02.